The Morgan fingerprint density at radius 1 is 1.29 bits per heavy atom. The second-order valence-electron chi connectivity index (χ2n) is 5.80. The number of thiophene rings is 1. The summed E-state index contributed by atoms with van der Waals surface area (Å²) in [6.07, 6.45) is 6.44. The lowest BCUT2D eigenvalue weighted by Gasteiger charge is -2.23. The first-order chi connectivity index (χ1) is 11.9. The Morgan fingerprint density at radius 2 is 2.25 bits per heavy atom. The van der Waals surface area contributed by atoms with E-state index in [4.69, 9.17) is 0 Å². The van der Waals surface area contributed by atoms with E-state index in [1.54, 1.807) is 17.7 Å². The number of hydrogen-bond acceptors (Lipinski definition) is 6. The van der Waals surface area contributed by atoms with Crippen LogP contribution >= 0.6 is 11.3 Å². The average Bonchev–Trinajstić information content (AvgIpc) is 3.01. The van der Waals surface area contributed by atoms with Crippen molar-refractivity contribution in [2.45, 2.75) is 19.5 Å². The minimum Gasteiger partial charge on any atom is -0.346 e. The van der Waals surface area contributed by atoms with Crippen molar-refractivity contribution in [3.63, 3.8) is 0 Å². The molecule has 4 rings (SSSR count). The minimum absolute atomic E-state index is 0.710. The van der Waals surface area contributed by atoms with Crippen LogP contribution < -0.4 is 10.2 Å². The molecule has 0 fully saturated rings. The zero-order valence-corrected chi connectivity index (χ0v) is 14.2. The fourth-order valence-electron chi connectivity index (χ4n) is 3.15. The first kappa shape index (κ1) is 15.2. The second kappa shape index (κ2) is 6.67. The highest BCUT2D eigenvalue weighted by Gasteiger charge is 2.22. The molecule has 6 heteroatoms. The van der Waals surface area contributed by atoms with Gasteiger partial charge in [0.05, 0.1) is 17.6 Å². The molecule has 0 aliphatic carbocycles. The molecule has 0 amide bonds. The molecule has 122 valence electrons. The number of aromatic nitrogens is 3. The van der Waals surface area contributed by atoms with E-state index < -0.39 is 0 Å². The van der Waals surface area contributed by atoms with Crippen molar-refractivity contribution < 1.29 is 0 Å². The Labute approximate surface area is 145 Å². The van der Waals surface area contributed by atoms with E-state index in [-0.39, 0.29) is 0 Å². The zero-order valence-electron chi connectivity index (χ0n) is 13.4. The average molecular weight is 337 g/mol. The minimum atomic E-state index is 0.710. The van der Waals surface area contributed by atoms with Gasteiger partial charge in [0.15, 0.2) is 0 Å². The highest BCUT2D eigenvalue weighted by molar-refractivity contribution is 7.19. The fourth-order valence-corrected chi connectivity index (χ4v) is 4.30. The molecule has 1 N–H and O–H groups in total. The van der Waals surface area contributed by atoms with Gasteiger partial charge in [-0.3, -0.25) is 4.98 Å². The van der Waals surface area contributed by atoms with Crippen molar-refractivity contribution in [1.29, 1.82) is 0 Å². The monoisotopic (exact) mass is 337 g/mol. The quantitative estimate of drug-likeness (QED) is 0.726. The number of rotatable bonds is 5. The molecule has 0 spiro atoms. The Morgan fingerprint density at radius 3 is 3.08 bits per heavy atom. The maximum Gasteiger partial charge on any atom is 0.141 e. The van der Waals surface area contributed by atoms with Gasteiger partial charge in [0, 0.05) is 24.2 Å². The van der Waals surface area contributed by atoms with E-state index in [1.165, 1.54) is 15.8 Å². The third-order valence-corrected chi connectivity index (χ3v) is 5.36. The van der Waals surface area contributed by atoms with Crippen LogP contribution in [0.2, 0.25) is 0 Å². The van der Waals surface area contributed by atoms with Crippen LogP contribution in [0.5, 0.6) is 0 Å². The topological polar surface area (TPSA) is 53.9 Å². The summed E-state index contributed by atoms with van der Waals surface area (Å²) in [5.74, 6) is 0.991. The number of fused-ring (bicyclic) bond motifs is 3. The van der Waals surface area contributed by atoms with Gasteiger partial charge in [0.1, 0.15) is 17.0 Å². The van der Waals surface area contributed by atoms with Crippen LogP contribution in [0, 0.1) is 0 Å². The summed E-state index contributed by atoms with van der Waals surface area (Å²) in [6.45, 7) is 7.28. The molecular formula is C18H19N5S. The van der Waals surface area contributed by atoms with Crippen LogP contribution in [-0.2, 0) is 19.5 Å². The van der Waals surface area contributed by atoms with Crippen molar-refractivity contribution in [3.05, 3.63) is 59.5 Å². The number of pyridine rings is 1. The largest absolute Gasteiger partial charge is 0.346 e. The van der Waals surface area contributed by atoms with E-state index in [1.807, 2.05) is 30.5 Å². The highest BCUT2D eigenvalue weighted by Crippen LogP contribution is 2.37. The Balaban J connectivity index is 1.80. The Bertz CT molecular complexity index is 858. The smallest absolute Gasteiger partial charge is 0.141 e. The summed E-state index contributed by atoms with van der Waals surface area (Å²) in [5.41, 5.74) is 2.43. The first-order valence-electron chi connectivity index (χ1n) is 8.08. The molecule has 3 aromatic rings. The lowest BCUT2D eigenvalue weighted by atomic mass is 10.1. The maximum absolute atomic E-state index is 4.63. The molecule has 0 aromatic carbocycles. The molecule has 4 heterocycles. The van der Waals surface area contributed by atoms with E-state index in [0.29, 0.717) is 6.54 Å². The number of nitrogens with zero attached hydrogens (tertiary/aromatic N) is 4. The van der Waals surface area contributed by atoms with Gasteiger partial charge in [0.2, 0.25) is 0 Å². The third kappa shape index (κ3) is 2.79. The van der Waals surface area contributed by atoms with Gasteiger partial charge < -0.3 is 10.2 Å². The van der Waals surface area contributed by atoms with Gasteiger partial charge in [-0.2, -0.15) is 0 Å². The molecule has 0 radical (unpaired) electrons. The summed E-state index contributed by atoms with van der Waals surface area (Å²) >= 11 is 1.77. The van der Waals surface area contributed by atoms with Gasteiger partial charge in [0.25, 0.3) is 0 Å². The SMILES string of the molecule is C=CCN(Cc1ccccn1)c1ncnc2sc3c(c12)CCNC3. The van der Waals surface area contributed by atoms with Crippen molar-refractivity contribution in [2.24, 2.45) is 0 Å². The van der Waals surface area contributed by atoms with Crippen LogP contribution in [0.3, 0.4) is 0 Å². The summed E-state index contributed by atoms with van der Waals surface area (Å²) in [6, 6.07) is 6.00. The summed E-state index contributed by atoms with van der Waals surface area (Å²) in [5, 5.41) is 4.64. The lowest BCUT2D eigenvalue weighted by Crippen LogP contribution is -2.25. The number of anilines is 1. The molecule has 0 unspecified atom stereocenters. The molecule has 0 bridgehead atoms. The predicted molar refractivity (Wildman–Crippen MR) is 98.3 cm³/mol. The molecular weight excluding hydrogens is 318 g/mol. The van der Waals surface area contributed by atoms with Gasteiger partial charge in [-0.1, -0.05) is 12.1 Å². The standard InChI is InChI=1S/C18H19N5S/c1-2-9-23(11-13-5-3-4-7-20-13)17-16-14-6-8-19-10-15(14)24-18(16)22-12-21-17/h2-5,7,12,19H,1,6,8-11H2. The van der Waals surface area contributed by atoms with Gasteiger partial charge in [-0.15, -0.1) is 17.9 Å². The van der Waals surface area contributed by atoms with Crippen molar-refractivity contribution in [3.8, 4) is 0 Å². The van der Waals surface area contributed by atoms with E-state index in [2.05, 4.69) is 31.7 Å². The summed E-state index contributed by atoms with van der Waals surface area (Å²) in [7, 11) is 0. The van der Waals surface area contributed by atoms with Crippen LogP contribution in [0.4, 0.5) is 5.82 Å². The molecule has 1 aliphatic heterocycles. The molecule has 24 heavy (non-hydrogen) atoms. The van der Waals surface area contributed by atoms with Crippen LogP contribution in [0.15, 0.2) is 43.4 Å². The van der Waals surface area contributed by atoms with Crippen molar-refractivity contribution >= 4 is 27.4 Å². The first-order valence-corrected chi connectivity index (χ1v) is 8.90. The summed E-state index contributed by atoms with van der Waals surface area (Å²) in [4.78, 5) is 18.3. The molecule has 3 aromatic heterocycles. The third-order valence-electron chi connectivity index (χ3n) is 4.22. The van der Waals surface area contributed by atoms with Crippen LogP contribution in [0.1, 0.15) is 16.1 Å². The van der Waals surface area contributed by atoms with Crippen LogP contribution in [-0.4, -0.2) is 28.0 Å². The van der Waals surface area contributed by atoms with E-state index in [9.17, 15) is 0 Å². The maximum atomic E-state index is 4.63. The van der Waals surface area contributed by atoms with Gasteiger partial charge in [-0.05, 0) is 30.7 Å². The molecule has 0 atom stereocenters. The molecule has 0 saturated carbocycles. The predicted octanol–water partition coefficient (Wildman–Crippen LogP) is 2.92. The lowest BCUT2D eigenvalue weighted by molar-refractivity contribution is 0.657. The normalized spacial score (nSPS) is 13.7. The fraction of sp³-hybridized carbons (Fsp3) is 0.278. The Hall–Kier alpha value is -2.31. The molecule has 1 aliphatic rings. The summed E-state index contributed by atoms with van der Waals surface area (Å²) < 4.78 is 0. The molecule has 5 nitrogen and oxygen atoms in total. The van der Waals surface area contributed by atoms with Gasteiger partial charge in [-0.25, -0.2) is 9.97 Å². The van der Waals surface area contributed by atoms with Gasteiger partial charge >= 0.3 is 0 Å². The van der Waals surface area contributed by atoms with Crippen LogP contribution in [0.25, 0.3) is 10.2 Å². The van der Waals surface area contributed by atoms with Crippen molar-refractivity contribution in [2.75, 3.05) is 18.0 Å². The van der Waals surface area contributed by atoms with E-state index >= 15 is 0 Å². The second-order valence-corrected chi connectivity index (χ2v) is 6.88. The zero-order chi connectivity index (χ0) is 16.4. The number of hydrogen-bond donors (Lipinski definition) is 1. The number of nitrogens with one attached hydrogen (secondary N) is 1. The molecule has 0 saturated heterocycles. The van der Waals surface area contributed by atoms with E-state index in [0.717, 1.165) is 42.4 Å². The Kier molecular flexibility index (Phi) is 4.23. The highest BCUT2D eigenvalue weighted by atomic mass is 32.1. The van der Waals surface area contributed by atoms with Crippen molar-refractivity contribution in [1.82, 2.24) is 20.3 Å².